The Labute approximate surface area is 174 Å². The fourth-order valence-corrected chi connectivity index (χ4v) is 3.41. The summed E-state index contributed by atoms with van der Waals surface area (Å²) in [6, 6.07) is 8.19. The third-order valence-electron chi connectivity index (χ3n) is 5.36. The highest BCUT2D eigenvalue weighted by molar-refractivity contribution is 5.92. The van der Waals surface area contributed by atoms with Gasteiger partial charge in [0.2, 0.25) is 0 Å². The van der Waals surface area contributed by atoms with Gasteiger partial charge in [0, 0.05) is 18.5 Å². The first-order valence-electron chi connectivity index (χ1n) is 9.56. The summed E-state index contributed by atoms with van der Waals surface area (Å²) in [5.41, 5.74) is -1.55. The van der Waals surface area contributed by atoms with Gasteiger partial charge < -0.3 is 10.3 Å². The average molecular weight is 429 g/mol. The highest BCUT2D eigenvalue weighted by Crippen LogP contribution is 2.58. The molecule has 10 heteroatoms. The van der Waals surface area contributed by atoms with Crippen molar-refractivity contribution >= 4 is 5.91 Å². The zero-order valence-corrected chi connectivity index (χ0v) is 16.4. The van der Waals surface area contributed by atoms with Crippen molar-refractivity contribution in [3.8, 4) is 11.6 Å². The maximum atomic E-state index is 13.3. The van der Waals surface area contributed by atoms with Gasteiger partial charge >= 0.3 is 6.18 Å². The Morgan fingerprint density at radius 2 is 1.81 bits per heavy atom. The number of nitrogens with one attached hydrogen (secondary N) is 2. The number of rotatable bonds is 5. The highest BCUT2D eigenvalue weighted by atomic mass is 19.4. The van der Waals surface area contributed by atoms with Crippen molar-refractivity contribution in [2.45, 2.75) is 37.4 Å². The fourth-order valence-electron chi connectivity index (χ4n) is 3.41. The lowest BCUT2D eigenvalue weighted by Crippen LogP contribution is -2.30. The molecule has 0 spiro atoms. The predicted molar refractivity (Wildman–Crippen MR) is 105 cm³/mol. The van der Waals surface area contributed by atoms with E-state index >= 15 is 0 Å². The number of carbonyl (C=O) groups is 1. The summed E-state index contributed by atoms with van der Waals surface area (Å²) in [6.45, 7) is 1.69. The van der Waals surface area contributed by atoms with E-state index in [1.807, 2.05) is 0 Å². The van der Waals surface area contributed by atoms with Crippen LogP contribution in [0, 0.1) is 0 Å². The predicted octanol–water partition coefficient (Wildman–Crippen LogP) is 3.31. The lowest BCUT2D eigenvalue weighted by Gasteiger charge is -2.21. The molecule has 2 aromatic heterocycles. The van der Waals surface area contributed by atoms with Crippen LogP contribution in [-0.4, -0.2) is 32.0 Å². The van der Waals surface area contributed by atoms with E-state index in [-0.39, 0.29) is 35.7 Å². The van der Waals surface area contributed by atoms with Crippen LogP contribution in [0.4, 0.5) is 13.2 Å². The Morgan fingerprint density at radius 3 is 2.39 bits per heavy atom. The molecule has 4 rings (SSSR count). The van der Waals surface area contributed by atoms with E-state index in [4.69, 9.17) is 0 Å². The Morgan fingerprint density at radius 1 is 1.16 bits per heavy atom. The molecule has 2 N–H and O–H groups in total. The first kappa shape index (κ1) is 20.7. The van der Waals surface area contributed by atoms with Crippen LogP contribution in [0.2, 0.25) is 0 Å². The van der Waals surface area contributed by atoms with Crippen LogP contribution >= 0.6 is 0 Å². The summed E-state index contributed by atoms with van der Waals surface area (Å²) < 4.78 is 39.9. The van der Waals surface area contributed by atoms with Crippen LogP contribution in [-0.2, 0) is 5.41 Å². The molecule has 31 heavy (non-hydrogen) atoms. The molecule has 1 aliphatic rings. The Hall–Kier alpha value is -3.56. The first-order chi connectivity index (χ1) is 14.7. The second-order valence-electron chi connectivity index (χ2n) is 7.45. The van der Waals surface area contributed by atoms with Gasteiger partial charge in [0.1, 0.15) is 5.69 Å². The normalized spacial score (nSPS) is 15.9. The Bertz CT molecular complexity index is 1160. The summed E-state index contributed by atoms with van der Waals surface area (Å²) in [5, 5.41) is 2.71. The van der Waals surface area contributed by atoms with E-state index in [0.29, 0.717) is 5.56 Å². The topological polar surface area (TPSA) is 101 Å². The number of amides is 1. The molecule has 1 amide bonds. The van der Waals surface area contributed by atoms with Crippen LogP contribution in [0.1, 0.15) is 47.4 Å². The van der Waals surface area contributed by atoms with Crippen LogP contribution in [0.25, 0.3) is 11.6 Å². The molecular weight excluding hydrogens is 411 g/mol. The SMILES string of the molecule is C[C@H](NC(=O)c1cc(=O)[nH]c(-c2ncccn2)n1)c1ccc(C2(C(F)(F)F)CC2)cc1. The van der Waals surface area contributed by atoms with Crippen molar-refractivity contribution in [1.29, 1.82) is 0 Å². The van der Waals surface area contributed by atoms with Gasteiger partial charge in [-0.25, -0.2) is 15.0 Å². The Balaban J connectivity index is 1.50. The summed E-state index contributed by atoms with van der Waals surface area (Å²) in [5.74, 6) is -0.387. The van der Waals surface area contributed by atoms with Crippen molar-refractivity contribution < 1.29 is 18.0 Å². The molecule has 1 fully saturated rings. The third-order valence-corrected chi connectivity index (χ3v) is 5.36. The lowest BCUT2D eigenvalue weighted by atomic mass is 9.93. The Kier molecular flexibility index (Phi) is 5.08. The van der Waals surface area contributed by atoms with E-state index in [1.165, 1.54) is 24.5 Å². The molecule has 160 valence electrons. The number of aromatic nitrogens is 4. The minimum atomic E-state index is -4.28. The number of alkyl halides is 3. The van der Waals surface area contributed by atoms with Gasteiger partial charge in [0.05, 0.1) is 11.5 Å². The molecule has 2 heterocycles. The molecule has 1 aliphatic carbocycles. The number of hydrogen-bond donors (Lipinski definition) is 2. The van der Waals surface area contributed by atoms with E-state index < -0.39 is 29.1 Å². The van der Waals surface area contributed by atoms with Crippen molar-refractivity contribution in [2.75, 3.05) is 0 Å². The smallest absolute Gasteiger partial charge is 0.344 e. The maximum Gasteiger partial charge on any atom is 0.398 e. The minimum Gasteiger partial charge on any atom is -0.344 e. The minimum absolute atomic E-state index is 0.0529. The van der Waals surface area contributed by atoms with E-state index in [0.717, 1.165) is 6.07 Å². The van der Waals surface area contributed by atoms with Gasteiger partial charge in [-0.15, -0.1) is 0 Å². The zero-order chi connectivity index (χ0) is 22.2. The molecule has 0 aliphatic heterocycles. The number of halogens is 3. The molecular formula is C21H18F3N5O2. The van der Waals surface area contributed by atoms with Crippen molar-refractivity contribution in [3.63, 3.8) is 0 Å². The number of nitrogens with zero attached hydrogens (tertiary/aromatic N) is 3. The number of H-pyrrole nitrogens is 1. The number of carbonyl (C=O) groups excluding carboxylic acids is 1. The molecule has 1 atom stereocenters. The summed E-state index contributed by atoms with van der Waals surface area (Å²) >= 11 is 0. The average Bonchev–Trinajstić information content (AvgIpc) is 3.56. The van der Waals surface area contributed by atoms with E-state index in [2.05, 4.69) is 25.3 Å². The number of hydrogen-bond acceptors (Lipinski definition) is 5. The van der Waals surface area contributed by atoms with Gasteiger partial charge in [-0.3, -0.25) is 9.59 Å². The number of aromatic amines is 1. The van der Waals surface area contributed by atoms with Crippen molar-refractivity contribution in [2.24, 2.45) is 0 Å². The van der Waals surface area contributed by atoms with Crippen LogP contribution < -0.4 is 10.9 Å². The van der Waals surface area contributed by atoms with Gasteiger partial charge in [-0.2, -0.15) is 13.2 Å². The second kappa shape index (κ2) is 7.60. The summed E-state index contributed by atoms with van der Waals surface area (Å²) in [7, 11) is 0. The van der Waals surface area contributed by atoms with Gasteiger partial charge in [-0.05, 0) is 37.0 Å². The monoisotopic (exact) mass is 429 g/mol. The first-order valence-corrected chi connectivity index (χ1v) is 9.56. The van der Waals surface area contributed by atoms with Gasteiger partial charge in [0.15, 0.2) is 11.6 Å². The van der Waals surface area contributed by atoms with Gasteiger partial charge in [-0.1, -0.05) is 24.3 Å². The molecule has 0 saturated heterocycles. The lowest BCUT2D eigenvalue weighted by molar-refractivity contribution is -0.160. The molecule has 1 aromatic carbocycles. The largest absolute Gasteiger partial charge is 0.398 e. The molecule has 1 saturated carbocycles. The standard InChI is InChI=1S/C21H18F3N5O2/c1-12(13-3-5-14(6-4-13)20(7-8-20)21(22,23)24)27-19(31)15-11-16(30)29-18(28-15)17-25-9-2-10-26-17/h2-6,9-12H,7-8H2,1H3,(H,27,31)(H,28,29,30)/t12-/m0/s1. The van der Waals surface area contributed by atoms with Crippen LogP contribution in [0.5, 0.6) is 0 Å². The van der Waals surface area contributed by atoms with Gasteiger partial charge in [0.25, 0.3) is 11.5 Å². The van der Waals surface area contributed by atoms with E-state index in [1.54, 1.807) is 25.1 Å². The highest BCUT2D eigenvalue weighted by Gasteiger charge is 2.64. The molecule has 7 nitrogen and oxygen atoms in total. The fraction of sp³-hybridized carbons (Fsp3) is 0.286. The number of benzene rings is 1. The maximum absolute atomic E-state index is 13.3. The van der Waals surface area contributed by atoms with E-state index in [9.17, 15) is 22.8 Å². The third kappa shape index (κ3) is 4.05. The van der Waals surface area contributed by atoms with Crippen molar-refractivity contribution in [1.82, 2.24) is 25.3 Å². The molecule has 3 aromatic rings. The van der Waals surface area contributed by atoms with Crippen molar-refractivity contribution in [3.05, 3.63) is 76.0 Å². The quantitative estimate of drug-likeness (QED) is 0.648. The molecule has 0 radical (unpaired) electrons. The van der Waals surface area contributed by atoms with Crippen LogP contribution in [0.3, 0.4) is 0 Å². The summed E-state index contributed by atoms with van der Waals surface area (Å²) in [6.07, 6.45) is -1.15. The molecule has 0 unspecified atom stereocenters. The second-order valence-corrected chi connectivity index (χ2v) is 7.45. The summed E-state index contributed by atoms with van der Waals surface area (Å²) in [4.78, 5) is 39.1. The van der Waals surface area contributed by atoms with Crippen LogP contribution in [0.15, 0.2) is 53.6 Å². The molecule has 0 bridgehead atoms. The zero-order valence-electron chi connectivity index (χ0n) is 16.4.